The number of hydrogen-bond donors (Lipinski definition) is 1. The average Bonchev–Trinajstić information content (AvgIpc) is 2.52. The van der Waals surface area contributed by atoms with Crippen LogP contribution in [0.1, 0.15) is 25.5 Å². The zero-order chi connectivity index (χ0) is 15.2. The van der Waals surface area contributed by atoms with E-state index in [1.54, 1.807) is 12.1 Å². The second kappa shape index (κ2) is 7.73. The molecule has 0 spiro atoms. The quantitative estimate of drug-likeness (QED) is 0.872. The number of morpholine rings is 1. The lowest BCUT2D eigenvalue weighted by Gasteiger charge is -2.37. The Labute approximate surface area is 126 Å². The molecular weight excluding hydrogens is 271 g/mol. The Morgan fingerprint density at radius 1 is 1.48 bits per heavy atom. The van der Waals surface area contributed by atoms with Gasteiger partial charge < -0.3 is 14.8 Å². The van der Waals surface area contributed by atoms with Crippen LogP contribution in [0.15, 0.2) is 18.2 Å². The van der Waals surface area contributed by atoms with Gasteiger partial charge in [0.05, 0.1) is 25.9 Å². The molecule has 1 aromatic rings. The van der Waals surface area contributed by atoms with E-state index < -0.39 is 0 Å². The molecule has 0 aliphatic carbocycles. The Hall–Kier alpha value is -1.17. The zero-order valence-corrected chi connectivity index (χ0v) is 13.1. The summed E-state index contributed by atoms with van der Waals surface area (Å²) < 4.78 is 24.9. The first-order chi connectivity index (χ1) is 10.2. The Morgan fingerprint density at radius 2 is 2.29 bits per heavy atom. The minimum absolute atomic E-state index is 0.00949. The monoisotopic (exact) mass is 296 g/mol. The predicted octanol–water partition coefficient (Wildman–Crippen LogP) is 2.21. The Bertz CT molecular complexity index is 456. The third-order valence-electron chi connectivity index (χ3n) is 3.96. The van der Waals surface area contributed by atoms with Gasteiger partial charge in [-0.1, -0.05) is 19.9 Å². The predicted molar refractivity (Wildman–Crippen MR) is 81.2 cm³/mol. The first-order valence-corrected chi connectivity index (χ1v) is 7.60. The number of nitrogens with zero attached hydrogens (tertiary/aromatic N) is 1. The van der Waals surface area contributed by atoms with Crippen molar-refractivity contribution in [1.29, 1.82) is 0 Å². The van der Waals surface area contributed by atoms with E-state index in [4.69, 9.17) is 9.47 Å². The zero-order valence-electron chi connectivity index (χ0n) is 13.1. The fraction of sp³-hybridized carbons (Fsp3) is 0.625. The van der Waals surface area contributed by atoms with Crippen LogP contribution in [-0.2, 0) is 4.74 Å². The van der Waals surface area contributed by atoms with Crippen molar-refractivity contribution in [1.82, 2.24) is 10.2 Å². The van der Waals surface area contributed by atoms with Gasteiger partial charge in [-0.15, -0.1) is 0 Å². The van der Waals surface area contributed by atoms with Gasteiger partial charge in [0.2, 0.25) is 0 Å². The topological polar surface area (TPSA) is 33.7 Å². The van der Waals surface area contributed by atoms with Crippen LogP contribution in [-0.4, -0.2) is 50.9 Å². The summed E-state index contributed by atoms with van der Waals surface area (Å²) in [6, 6.07) is 5.11. The molecule has 1 saturated heterocycles. The maximum absolute atomic E-state index is 14.0. The smallest absolute Gasteiger partial charge is 0.165 e. The van der Waals surface area contributed by atoms with Crippen molar-refractivity contribution in [3.63, 3.8) is 0 Å². The summed E-state index contributed by atoms with van der Waals surface area (Å²) in [6.07, 6.45) is 0.0337. The van der Waals surface area contributed by atoms with E-state index in [-0.39, 0.29) is 23.7 Å². The van der Waals surface area contributed by atoms with E-state index in [9.17, 15) is 4.39 Å². The van der Waals surface area contributed by atoms with Gasteiger partial charge >= 0.3 is 0 Å². The van der Waals surface area contributed by atoms with Crippen LogP contribution in [0.3, 0.4) is 0 Å². The molecule has 5 heteroatoms. The lowest BCUT2D eigenvalue weighted by atomic mass is 9.99. The van der Waals surface area contributed by atoms with Crippen molar-refractivity contribution in [2.75, 3.05) is 39.9 Å². The molecule has 1 aliphatic heterocycles. The van der Waals surface area contributed by atoms with Crippen molar-refractivity contribution in [3.8, 4) is 5.75 Å². The lowest BCUT2D eigenvalue weighted by Crippen LogP contribution is -2.48. The summed E-state index contributed by atoms with van der Waals surface area (Å²) in [5, 5.41) is 3.42. The number of hydrogen-bond acceptors (Lipinski definition) is 4. The second-order valence-corrected chi connectivity index (χ2v) is 5.23. The third kappa shape index (κ3) is 3.93. The molecule has 0 aromatic heterocycles. The number of likely N-dealkylation sites (N-methyl/N-ethyl adjacent to an activating group) is 2. The molecule has 4 nitrogen and oxygen atoms in total. The molecule has 1 N–H and O–H groups in total. The summed E-state index contributed by atoms with van der Waals surface area (Å²) in [7, 11) is 1.48. The maximum atomic E-state index is 14.0. The normalized spacial score (nSPS) is 21.2. The highest BCUT2D eigenvalue weighted by atomic mass is 19.1. The van der Waals surface area contributed by atoms with Crippen molar-refractivity contribution in [2.24, 2.45) is 0 Å². The molecule has 1 aliphatic rings. The Morgan fingerprint density at radius 3 is 2.90 bits per heavy atom. The highest BCUT2D eigenvalue weighted by molar-refractivity contribution is 5.31. The van der Waals surface area contributed by atoms with Gasteiger partial charge in [-0.3, -0.25) is 4.90 Å². The SMILES string of the molecule is CCNC(c1ccc(OC)c(F)c1)C1CN(CC)CCO1. The van der Waals surface area contributed by atoms with Crippen LogP contribution in [0, 0.1) is 5.82 Å². The standard InChI is InChI=1S/C16H25FN2O2/c1-4-18-16(15-11-19(5-2)8-9-21-15)12-6-7-14(20-3)13(17)10-12/h6-7,10,15-16,18H,4-5,8-9,11H2,1-3H3. The minimum Gasteiger partial charge on any atom is -0.494 e. The minimum atomic E-state index is -0.332. The number of rotatable bonds is 6. The first kappa shape index (κ1) is 16.2. The molecule has 118 valence electrons. The van der Waals surface area contributed by atoms with Crippen LogP contribution < -0.4 is 10.1 Å². The van der Waals surface area contributed by atoms with Gasteiger partial charge in [0, 0.05) is 13.1 Å². The largest absolute Gasteiger partial charge is 0.494 e. The third-order valence-corrected chi connectivity index (χ3v) is 3.96. The van der Waals surface area contributed by atoms with Gasteiger partial charge in [-0.2, -0.15) is 0 Å². The first-order valence-electron chi connectivity index (χ1n) is 7.60. The fourth-order valence-corrected chi connectivity index (χ4v) is 2.78. The summed E-state index contributed by atoms with van der Waals surface area (Å²) in [5.41, 5.74) is 0.901. The summed E-state index contributed by atoms with van der Waals surface area (Å²) in [4.78, 5) is 2.36. The second-order valence-electron chi connectivity index (χ2n) is 5.23. The molecule has 0 saturated carbocycles. The van der Waals surface area contributed by atoms with E-state index in [0.717, 1.165) is 38.3 Å². The fourth-order valence-electron chi connectivity index (χ4n) is 2.78. The molecule has 2 atom stereocenters. The van der Waals surface area contributed by atoms with Gasteiger partial charge in [0.15, 0.2) is 11.6 Å². The summed E-state index contributed by atoms with van der Waals surface area (Å²) in [5.74, 6) is -0.0604. The summed E-state index contributed by atoms with van der Waals surface area (Å²) >= 11 is 0. The van der Waals surface area contributed by atoms with Gasteiger partial charge in [-0.05, 0) is 30.8 Å². The molecule has 1 fully saturated rings. The average molecular weight is 296 g/mol. The van der Waals surface area contributed by atoms with Crippen LogP contribution in [0.4, 0.5) is 4.39 Å². The molecular formula is C16H25FN2O2. The van der Waals surface area contributed by atoms with E-state index in [1.165, 1.54) is 7.11 Å². The number of ether oxygens (including phenoxy) is 2. The molecule has 2 unspecified atom stereocenters. The van der Waals surface area contributed by atoms with E-state index in [2.05, 4.69) is 17.1 Å². The number of nitrogens with one attached hydrogen (secondary N) is 1. The lowest BCUT2D eigenvalue weighted by molar-refractivity contribution is -0.0454. The number of halogens is 1. The molecule has 1 aromatic carbocycles. The van der Waals surface area contributed by atoms with E-state index in [1.807, 2.05) is 13.0 Å². The Kier molecular flexibility index (Phi) is 5.96. The van der Waals surface area contributed by atoms with Gasteiger partial charge in [0.1, 0.15) is 0 Å². The van der Waals surface area contributed by atoms with Crippen molar-refractivity contribution < 1.29 is 13.9 Å². The Balaban J connectivity index is 2.19. The molecule has 0 radical (unpaired) electrons. The number of benzene rings is 1. The van der Waals surface area contributed by atoms with Crippen LogP contribution in [0.5, 0.6) is 5.75 Å². The summed E-state index contributed by atoms with van der Waals surface area (Å²) in [6.45, 7) is 8.56. The molecule has 0 amide bonds. The van der Waals surface area contributed by atoms with Gasteiger partial charge in [0.25, 0.3) is 0 Å². The molecule has 1 heterocycles. The van der Waals surface area contributed by atoms with Crippen molar-refractivity contribution in [3.05, 3.63) is 29.6 Å². The van der Waals surface area contributed by atoms with E-state index in [0.29, 0.717) is 0 Å². The van der Waals surface area contributed by atoms with Crippen LogP contribution in [0.25, 0.3) is 0 Å². The van der Waals surface area contributed by atoms with Crippen molar-refractivity contribution >= 4 is 0 Å². The van der Waals surface area contributed by atoms with Crippen LogP contribution >= 0.6 is 0 Å². The van der Waals surface area contributed by atoms with E-state index >= 15 is 0 Å². The maximum Gasteiger partial charge on any atom is 0.165 e. The van der Waals surface area contributed by atoms with Gasteiger partial charge in [-0.25, -0.2) is 4.39 Å². The number of methoxy groups -OCH3 is 1. The molecule has 21 heavy (non-hydrogen) atoms. The highest BCUT2D eigenvalue weighted by Gasteiger charge is 2.28. The molecule has 0 bridgehead atoms. The van der Waals surface area contributed by atoms with Crippen LogP contribution in [0.2, 0.25) is 0 Å². The highest BCUT2D eigenvalue weighted by Crippen LogP contribution is 2.26. The van der Waals surface area contributed by atoms with Crippen molar-refractivity contribution in [2.45, 2.75) is 26.0 Å². The molecule has 2 rings (SSSR count).